The Hall–Kier alpha value is -1.85. The van der Waals surface area contributed by atoms with Gasteiger partial charge in [-0.3, -0.25) is 0 Å². The molecule has 0 fully saturated rings. The topological polar surface area (TPSA) is 55.4 Å². The minimum absolute atomic E-state index is 0.00950. The van der Waals surface area contributed by atoms with Crippen LogP contribution in [0.3, 0.4) is 0 Å². The van der Waals surface area contributed by atoms with E-state index >= 15 is 0 Å². The molecule has 2 aromatic rings. The minimum atomic E-state index is -3.45. The van der Waals surface area contributed by atoms with Crippen LogP contribution in [0, 0.1) is 12.8 Å². The van der Waals surface area contributed by atoms with E-state index in [2.05, 4.69) is 18.6 Å². The number of sulfonamides is 1. The highest BCUT2D eigenvalue weighted by molar-refractivity contribution is 7.88. The van der Waals surface area contributed by atoms with Gasteiger partial charge in [-0.05, 0) is 48.1 Å². The molecule has 2 aromatic carbocycles. The monoisotopic (exact) mass is 361 g/mol. The second-order valence-electron chi connectivity index (χ2n) is 6.76. The van der Waals surface area contributed by atoms with E-state index in [1.807, 2.05) is 55.5 Å². The van der Waals surface area contributed by atoms with Gasteiger partial charge < -0.3 is 4.74 Å². The first-order valence-electron chi connectivity index (χ1n) is 8.49. The largest absolute Gasteiger partial charge is 0.497 e. The first kappa shape index (κ1) is 19.5. The van der Waals surface area contributed by atoms with Crippen LogP contribution in [-0.4, -0.2) is 15.5 Å². The molecule has 0 aliphatic carbocycles. The number of rotatable bonds is 8. The summed E-state index contributed by atoms with van der Waals surface area (Å²) >= 11 is 0. The van der Waals surface area contributed by atoms with Gasteiger partial charge in [0, 0.05) is 6.04 Å². The van der Waals surface area contributed by atoms with Crippen LogP contribution < -0.4 is 9.46 Å². The van der Waals surface area contributed by atoms with Gasteiger partial charge in [-0.1, -0.05) is 50.2 Å². The second-order valence-corrected chi connectivity index (χ2v) is 8.51. The summed E-state index contributed by atoms with van der Waals surface area (Å²) in [5.74, 6) is 1.12. The summed E-state index contributed by atoms with van der Waals surface area (Å²) in [4.78, 5) is 0. The molecule has 0 aliphatic rings. The van der Waals surface area contributed by atoms with Crippen LogP contribution in [0.1, 0.15) is 43.0 Å². The Morgan fingerprint density at radius 3 is 2.24 bits per heavy atom. The van der Waals surface area contributed by atoms with E-state index in [0.29, 0.717) is 5.92 Å². The molecular weight excluding hydrogens is 334 g/mol. The molecule has 0 aromatic heterocycles. The average Bonchev–Trinajstić information content (AvgIpc) is 2.55. The van der Waals surface area contributed by atoms with Crippen LogP contribution in [0.15, 0.2) is 48.5 Å². The van der Waals surface area contributed by atoms with E-state index < -0.39 is 10.0 Å². The van der Waals surface area contributed by atoms with E-state index in [4.69, 9.17) is 4.74 Å². The summed E-state index contributed by atoms with van der Waals surface area (Å²) in [7, 11) is -1.83. The van der Waals surface area contributed by atoms with Gasteiger partial charge in [-0.15, -0.1) is 0 Å². The fraction of sp³-hybridized carbons (Fsp3) is 0.400. The molecule has 1 unspecified atom stereocenters. The number of methoxy groups -OCH3 is 1. The molecule has 0 bridgehead atoms. The van der Waals surface area contributed by atoms with Crippen LogP contribution in [-0.2, 0) is 15.8 Å². The molecule has 0 radical (unpaired) electrons. The van der Waals surface area contributed by atoms with Crippen molar-refractivity contribution in [1.82, 2.24) is 4.72 Å². The standard InChI is InChI=1S/C20H27NO3S/c1-15(2)13-20(17-9-11-19(24-4)12-10-17)21-25(22,23)14-18-8-6-5-7-16(18)3/h5-12,15,20-21H,13-14H2,1-4H3. The predicted octanol–water partition coefficient (Wildman–Crippen LogP) is 4.21. The van der Waals surface area contributed by atoms with Crippen LogP contribution in [0.2, 0.25) is 0 Å². The lowest BCUT2D eigenvalue weighted by molar-refractivity contribution is 0.414. The fourth-order valence-corrected chi connectivity index (χ4v) is 4.28. The highest BCUT2D eigenvalue weighted by Gasteiger charge is 2.21. The molecule has 4 nitrogen and oxygen atoms in total. The fourth-order valence-electron chi connectivity index (χ4n) is 2.80. The SMILES string of the molecule is COc1ccc(C(CC(C)C)NS(=O)(=O)Cc2ccccc2C)cc1. The first-order chi connectivity index (χ1) is 11.8. The van der Waals surface area contributed by atoms with Crippen molar-refractivity contribution in [3.05, 3.63) is 65.2 Å². The van der Waals surface area contributed by atoms with Crippen molar-refractivity contribution in [2.24, 2.45) is 5.92 Å². The molecule has 2 rings (SSSR count). The molecule has 0 saturated heterocycles. The van der Waals surface area contributed by atoms with Crippen molar-refractivity contribution < 1.29 is 13.2 Å². The van der Waals surface area contributed by atoms with Crippen molar-refractivity contribution in [1.29, 1.82) is 0 Å². The molecule has 0 aliphatic heterocycles. The highest BCUT2D eigenvalue weighted by atomic mass is 32.2. The minimum Gasteiger partial charge on any atom is -0.497 e. The zero-order valence-electron chi connectivity index (χ0n) is 15.3. The Labute approximate surface area is 151 Å². The maximum atomic E-state index is 12.7. The van der Waals surface area contributed by atoms with Gasteiger partial charge in [0.15, 0.2) is 0 Å². The number of hydrogen-bond acceptors (Lipinski definition) is 3. The van der Waals surface area contributed by atoms with E-state index in [-0.39, 0.29) is 11.8 Å². The van der Waals surface area contributed by atoms with Crippen molar-refractivity contribution in [3.8, 4) is 5.75 Å². The maximum Gasteiger partial charge on any atom is 0.216 e. The van der Waals surface area contributed by atoms with Crippen LogP contribution in [0.25, 0.3) is 0 Å². The molecule has 0 saturated carbocycles. The third-order valence-electron chi connectivity index (χ3n) is 4.15. The van der Waals surface area contributed by atoms with Gasteiger partial charge in [0.1, 0.15) is 5.75 Å². The van der Waals surface area contributed by atoms with Crippen molar-refractivity contribution in [2.75, 3.05) is 7.11 Å². The van der Waals surface area contributed by atoms with Gasteiger partial charge >= 0.3 is 0 Å². The molecule has 0 amide bonds. The van der Waals surface area contributed by atoms with Gasteiger partial charge in [-0.2, -0.15) is 0 Å². The first-order valence-corrected chi connectivity index (χ1v) is 10.1. The normalized spacial score (nSPS) is 13.0. The van der Waals surface area contributed by atoms with E-state index in [1.54, 1.807) is 7.11 Å². The predicted molar refractivity (Wildman–Crippen MR) is 102 cm³/mol. The number of nitrogens with one attached hydrogen (secondary N) is 1. The Kier molecular flexibility index (Phi) is 6.62. The number of benzene rings is 2. The zero-order chi connectivity index (χ0) is 18.4. The van der Waals surface area contributed by atoms with Crippen molar-refractivity contribution in [3.63, 3.8) is 0 Å². The third kappa shape index (κ3) is 5.87. The molecule has 25 heavy (non-hydrogen) atoms. The smallest absolute Gasteiger partial charge is 0.216 e. The van der Waals surface area contributed by atoms with Gasteiger partial charge in [-0.25, -0.2) is 13.1 Å². The lowest BCUT2D eigenvalue weighted by atomic mass is 9.98. The highest BCUT2D eigenvalue weighted by Crippen LogP contribution is 2.25. The quantitative estimate of drug-likeness (QED) is 0.766. The molecule has 0 spiro atoms. The summed E-state index contributed by atoms with van der Waals surface area (Å²) in [6.07, 6.45) is 0.735. The molecule has 1 atom stereocenters. The lowest BCUT2D eigenvalue weighted by Gasteiger charge is -2.21. The van der Waals surface area contributed by atoms with E-state index in [1.165, 1.54) is 0 Å². The van der Waals surface area contributed by atoms with E-state index in [0.717, 1.165) is 28.9 Å². The Bertz CT molecular complexity index is 783. The number of aryl methyl sites for hydroxylation is 1. The summed E-state index contributed by atoms with van der Waals surface area (Å²) in [6, 6.07) is 14.9. The van der Waals surface area contributed by atoms with Crippen molar-refractivity contribution in [2.45, 2.75) is 39.0 Å². The lowest BCUT2D eigenvalue weighted by Crippen LogP contribution is -2.30. The molecule has 136 valence electrons. The van der Waals surface area contributed by atoms with Gasteiger partial charge in [0.25, 0.3) is 0 Å². The molecule has 0 heterocycles. The van der Waals surface area contributed by atoms with Gasteiger partial charge in [0.2, 0.25) is 10.0 Å². The third-order valence-corrected chi connectivity index (χ3v) is 5.49. The van der Waals surface area contributed by atoms with Crippen LogP contribution in [0.4, 0.5) is 0 Å². The maximum absolute atomic E-state index is 12.7. The molecule has 1 N–H and O–H groups in total. The Morgan fingerprint density at radius 2 is 1.68 bits per heavy atom. The summed E-state index contributed by atoms with van der Waals surface area (Å²) in [5.41, 5.74) is 2.76. The van der Waals surface area contributed by atoms with Crippen LogP contribution >= 0.6 is 0 Å². The Morgan fingerprint density at radius 1 is 1.04 bits per heavy atom. The summed E-state index contributed by atoms with van der Waals surface area (Å²) in [6.45, 7) is 6.11. The van der Waals surface area contributed by atoms with Crippen molar-refractivity contribution >= 4 is 10.0 Å². The summed E-state index contributed by atoms with van der Waals surface area (Å²) in [5, 5.41) is 0. The number of hydrogen-bond donors (Lipinski definition) is 1. The van der Waals surface area contributed by atoms with E-state index in [9.17, 15) is 8.42 Å². The second kappa shape index (κ2) is 8.50. The summed E-state index contributed by atoms with van der Waals surface area (Å²) < 4.78 is 33.5. The van der Waals surface area contributed by atoms with Gasteiger partial charge in [0.05, 0.1) is 12.9 Å². The average molecular weight is 362 g/mol. The number of ether oxygens (including phenoxy) is 1. The zero-order valence-corrected chi connectivity index (χ0v) is 16.1. The van der Waals surface area contributed by atoms with Crippen LogP contribution in [0.5, 0.6) is 5.75 Å². The molecular formula is C20H27NO3S. The molecule has 5 heteroatoms. The Balaban J connectivity index is 2.21.